The summed E-state index contributed by atoms with van der Waals surface area (Å²) in [4.78, 5) is 2.06. The van der Waals surface area contributed by atoms with Crippen LogP contribution in [0.25, 0.3) is 11.1 Å². The van der Waals surface area contributed by atoms with Gasteiger partial charge in [-0.1, -0.05) is 25.1 Å². The summed E-state index contributed by atoms with van der Waals surface area (Å²) in [6.07, 6.45) is 1.05. The fraction of sp³-hybridized carbons (Fsp3) is 0.333. The fourth-order valence-corrected chi connectivity index (χ4v) is 2.24. The number of nitrogens with zero attached hydrogens (tertiary/aromatic N) is 1. The van der Waals surface area contributed by atoms with Gasteiger partial charge in [-0.05, 0) is 48.4 Å². The number of benzene rings is 2. The first-order valence-electron chi connectivity index (χ1n) is 7.38. The Morgan fingerprint density at radius 2 is 1.67 bits per heavy atom. The van der Waals surface area contributed by atoms with Gasteiger partial charge < -0.3 is 10.2 Å². The molecule has 0 saturated carbocycles. The molecule has 0 aliphatic carbocycles. The van der Waals surface area contributed by atoms with Crippen molar-refractivity contribution in [3.63, 3.8) is 0 Å². The first-order chi connectivity index (χ1) is 10.1. The molecule has 0 spiro atoms. The monoisotopic (exact) mass is 286 g/mol. The number of halogens is 1. The summed E-state index contributed by atoms with van der Waals surface area (Å²) in [7, 11) is 4.04. The highest BCUT2D eigenvalue weighted by Crippen LogP contribution is 2.24. The highest BCUT2D eigenvalue weighted by atomic mass is 19.1. The molecule has 2 aromatic rings. The Bertz CT molecular complexity index is 576. The lowest BCUT2D eigenvalue weighted by molar-refractivity contribution is 0.587. The third kappa shape index (κ3) is 4.05. The molecular weight excluding hydrogens is 263 g/mol. The molecule has 1 N–H and O–H groups in total. The quantitative estimate of drug-likeness (QED) is 0.806. The van der Waals surface area contributed by atoms with Gasteiger partial charge >= 0.3 is 0 Å². The number of hydrogen-bond donors (Lipinski definition) is 1. The number of hydrogen-bond acceptors (Lipinski definition) is 2. The van der Waals surface area contributed by atoms with Crippen LogP contribution >= 0.6 is 0 Å². The van der Waals surface area contributed by atoms with E-state index in [-0.39, 0.29) is 5.82 Å². The molecular formula is C18H23FN2. The third-order valence-electron chi connectivity index (χ3n) is 3.50. The van der Waals surface area contributed by atoms with E-state index in [0.717, 1.165) is 35.3 Å². The molecule has 2 rings (SSSR count). The fourth-order valence-electron chi connectivity index (χ4n) is 2.24. The van der Waals surface area contributed by atoms with E-state index >= 15 is 0 Å². The maximum absolute atomic E-state index is 13.8. The van der Waals surface area contributed by atoms with Crippen LogP contribution in [0.1, 0.15) is 18.9 Å². The molecule has 0 unspecified atom stereocenters. The first kappa shape index (κ1) is 15.5. The average Bonchev–Trinajstić information content (AvgIpc) is 2.49. The van der Waals surface area contributed by atoms with E-state index in [1.807, 2.05) is 26.2 Å². The Labute approximate surface area is 126 Å². The van der Waals surface area contributed by atoms with Crippen LogP contribution in [0.2, 0.25) is 0 Å². The van der Waals surface area contributed by atoms with Crippen LogP contribution in [0.3, 0.4) is 0 Å². The van der Waals surface area contributed by atoms with Gasteiger partial charge in [0.1, 0.15) is 5.82 Å². The van der Waals surface area contributed by atoms with Crippen molar-refractivity contribution in [1.82, 2.24) is 5.32 Å². The Morgan fingerprint density at radius 1 is 1.00 bits per heavy atom. The predicted octanol–water partition coefficient (Wildman–Crippen LogP) is 4.06. The molecule has 0 heterocycles. The smallest absolute Gasteiger partial charge is 0.127 e. The summed E-state index contributed by atoms with van der Waals surface area (Å²) < 4.78 is 13.8. The molecule has 2 nitrogen and oxygen atoms in total. The lowest BCUT2D eigenvalue weighted by Gasteiger charge is -2.13. The number of nitrogens with one attached hydrogen (secondary N) is 1. The third-order valence-corrected chi connectivity index (χ3v) is 3.50. The van der Waals surface area contributed by atoms with E-state index in [1.165, 1.54) is 0 Å². The molecule has 0 atom stereocenters. The van der Waals surface area contributed by atoms with Gasteiger partial charge in [-0.25, -0.2) is 4.39 Å². The topological polar surface area (TPSA) is 15.3 Å². The molecule has 0 aromatic heterocycles. The Kier molecular flexibility index (Phi) is 5.34. The maximum Gasteiger partial charge on any atom is 0.127 e. The van der Waals surface area contributed by atoms with Crippen molar-refractivity contribution >= 4 is 5.69 Å². The molecule has 0 fully saturated rings. The van der Waals surface area contributed by atoms with E-state index in [1.54, 1.807) is 6.07 Å². The molecule has 112 valence electrons. The molecule has 0 radical (unpaired) electrons. The second kappa shape index (κ2) is 7.23. The maximum atomic E-state index is 13.8. The molecule has 0 aliphatic heterocycles. The van der Waals surface area contributed by atoms with Crippen LogP contribution in [0.15, 0.2) is 42.5 Å². The lowest BCUT2D eigenvalue weighted by Crippen LogP contribution is -2.14. The zero-order valence-electron chi connectivity index (χ0n) is 13.0. The van der Waals surface area contributed by atoms with Crippen molar-refractivity contribution in [2.75, 3.05) is 25.5 Å². The zero-order chi connectivity index (χ0) is 15.2. The Balaban J connectivity index is 2.21. The summed E-state index contributed by atoms with van der Waals surface area (Å²) in [5.41, 5.74) is 4.04. The lowest BCUT2D eigenvalue weighted by atomic mass is 10.0. The van der Waals surface area contributed by atoms with Gasteiger partial charge in [-0.3, -0.25) is 0 Å². The van der Waals surface area contributed by atoms with Gasteiger partial charge in [0.15, 0.2) is 0 Å². The van der Waals surface area contributed by atoms with Crippen molar-refractivity contribution in [2.24, 2.45) is 0 Å². The summed E-state index contributed by atoms with van der Waals surface area (Å²) in [5, 5.41) is 3.25. The number of rotatable bonds is 6. The molecule has 21 heavy (non-hydrogen) atoms. The van der Waals surface area contributed by atoms with Crippen molar-refractivity contribution in [3.05, 3.63) is 53.8 Å². The van der Waals surface area contributed by atoms with Crippen LogP contribution < -0.4 is 10.2 Å². The minimum atomic E-state index is -0.146. The standard InChI is InChI=1S/C18H23FN2/c1-4-11-20-13-16-12-15(7-10-18(16)19)14-5-8-17(9-6-14)21(2)3/h5-10,12,20H,4,11,13H2,1-3H3. The number of anilines is 1. The van der Waals surface area contributed by atoms with Crippen LogP contribution in [0, 0.1) is 5.82 Å². The van der Waals surface area contributed by atoms with Gasteiger partial charge in [0.05, 0.1) is 0 Å². The second-order valence-electron chi connectivity index (χ2n) is 5.42. The average molecular weight is 286 g/mol. The SMILES string of the molecule is CCCNCc1cc(-c2ccc(N(C)C)cc2)ccc1F. The van der Waals surface area contributed by atoms with Crippen molar-refractivity contribution < 1.29 is 4.39 Å². The molecule has 0 saturated heterocycles. The molecule has 0 bridgehead atoms. The summed E-state index contributed by atoms with van der Waals surface area (Å²) in [6, 6.07) is 13.6. The highest BCUT2D eigenvalue weighted by Gasteiger charge is 2.05. The van der Waals surface area contributed by atoms with E-state index in [9.17, 15) is 4.39 Å². The van der Waals surface area contributed by atoms with E-state index in [4.69, 9.17) is 0 Å². The van der Waals surface area contributed by atoms with Crippen molar-refractivity contribution in [3.8, 4) is 11.1 Å². The summed E-state index contributed by atoms with van der Waals surface area (Å²) in [5.74, 6) is -0.146. The van der Waals surface area contributed by atoms with E-state index < -0.39 is 0 Å². The largest absolute Gasteiger partial charge is 0.378 e. The molecule has 3 heteroatoms. The molecule has 0 amide bonds. The minimum absolute atomic E-state index is 0.146. The van der Waals surface area contributed by atoms with Crippen LogP contribution in [-0.2, 0) is 6.54 Å². The Hall–Kier alpha value is -1.87. The highest BCUT2D eigenvalue weighted by molar-refractivity contribution is 5.67. The molecule has 2 aromatic carbocycles. The van der Waals surface area contributed by atoms with Gasteiger partial charge in [-0.2, -0.15) is 0 Å². The minimum Gasteiger partial charge on any atom is -0.378 e. The first-order valence-corrected chi connectivity index (χ1v) is 7.38. The Morgan fingerprint density at radius 3 is 2.29 bits per heavy atom. The van der Waals surface area contributed by atoms with Crippen molar-refractivity contribution in [2.45, 2.75) is 19.9 Å². The van der Waals surface area contributed by atoms with Crippen LogP contribution in [0.4, 0.5) is 10.1 Å². The van der Waals surface area contributed by atoms with Gasteiger partial charge in [-0.15, -0.1) is 0 Å². The normalized spacial score (nSPS) is 10.7. The second-order valence-corrected chi connectivity index (χ2v) is 5.42. The van der Waals surface area contributed by atoms with E-state index in [2.05, 4.69) is 41.4 Å². The van der Waals surface area contributed by atoms with Crippen molar-refractivity contribution in [1.29, 1.82) is 0 Å². The van der Waals surface area contributed by atoms with Crippen LogP contribution in [0.5, 0.6) is 0 Å². The van der Waals surface area contributed by atoms with Gasteiger partial charge in [0, 0.05) is 31.9 Å². The van der Waals surface area contributed by atoms with Crippen LogP contribution in [-0.4, -0.2) is 20.6 Å². The zero-order valence-corrected chi connectivity index (χ0v) is 13.0. The van der Waals surface area contributed by atoms with Gasteiger partial charge in [0.2, 0.25) is 0 Å². The summed E-state index contributed by atoms with van der Waals surface area (Å²) in [6.45, 7) is 3.58. The van der Waals surface area contributed by atoms with Gasteiger partial charge in [0.25, 0.3) is 0 Å². The predicted molar refractivity (Wildman–Crippen MR) is 88.2 cm³/mol. The summed E-state index contributed by atoms with van der Waals surface area (Å²) >= 11 is 0. The molecule has 0 aliphatic rings. The van der Waals surface area contributed by atoms with E-state index in [0.29, 0.717) is 6.54 Å².